The second-order valence-corrected chi connectivity index (χ2v) is 17.0. The van der Waals surface area contributed by atoms with Gasteiger partial charge in [-0.25, -0.2) is 4.21 Å². The number of hydrogen-bond donors (Lipinski definition) is 1. The number of rotatable bonds is 8. The second-order valence-electron chi connectivity index (χ2n) is 12.4. The fourth-order valence-corrected chi connectivity index (χ4v) is 5.04. The average molecular weight is 764 g/mol. The third-order valence-electron chi connectivity index (χ3n) is 5.57. The van der Waals surface area contributed by atoms with Crippen molar-refractivity contribution >= 4 is 85.3 Å². The zero-order valence-corrected chi connectivity index (χ0v) is 30.7. The predicted octanol–water partition coefficient (Wildman–Crippen LogP) is 10.3. The summed E-state index contributed by atoms with van der Waals surface area (Å²) >= 11 is 12.6. The first-order valence-electron chi connectivity index (χ1n) is 12.8. The highest BCUT2D eigenvalue weighted by molar-refractivity contribution is 9.10. The zero-order chi connectivity index (χ0) is 31.4. The van der Waals surface area contributed by atoms with E-state index in [2.05, 4.69) is 125 Å². The van der Waals surface area contributed by atoms with Crippen molar-refractivity contribution in [2.75, 3.05) is 0 Å². The van der Waals surface area contributed by atoms with Gasteiger partial charge in [0.15, 0.2) is 0 Å². The molecule has 0 aromatic heterocycles. The van der Waals surface area contributed by atoms with Gasteiger partial charge < -0.3 is 5.11 Å². The van der Waals surface area contributed by atoms with E-state index in [1.165, 1.54) is 11.1 Å². The maximum absolute atomic E-state index is 11.1. The molecule has 2 unspecified atom stereocenters. The van der Waals surface area contributed by atoms with Crippen molar-refractivity contribution in [2.24, 2.45) is 22.7 Å². The van der Waals surface area contributed by atoms with Crippen molar-refractivity contribution in [2.45, 2.75) is 81.1 Å². The van der Waals surface area contributed by atoms with Crippen LogP contribution in [0.2, 0.25) is 0 Å². The fraction of sp³-hybridized carbons (Fsp3) is 0.533. The lowest BCUT2D eigenvalue weighted by atomic mass is 9.87. The van der Waals surface area contributed by atoms with E-state index < -0.39 is 15.2 Å². The fourth-order valence-electron chi connectivity index (χ4n) is 3.78. The van der Waals surface area contributed by atoms with Crippen LogP contribution in [-0.2, 0) is 44.5 Å². The van der Waals surface area contributed by atoms with Crippen LogP contribution in [0.1, 0.15) is 77.6 Å². The molecule has 0 fully saturated rings. The van der Waals surface area contributed by atoms with Crippen LogP contribution in [-0.4, -0.2) is 20.5 Å². The number of carboxylic acids is 1. The lowest BCUT2D eigenvalue weighted by molar-refractivity contribution is -0.141. The maximum atomic E-state index is 11.1. The molecule has 2 aromatic carbocycles. The van der Waals surface area contributed by atoms with Crippen LogP contribution in [0.5, 0.6) is 0 Å². The number of halogens is 5. The SMILES string of the molecule is CC(Cc1ccc(CC(C)(C)C)cc1Br)C(=O)Cl.CC(Cc1ccc(CC(C)(C)C)cc1Br)C(=O)O.O=S(Cl)Cl. The van der Waals surface area contributed by atoms with E-state index in [1.54, 1.807) is 6.92 Å². The molecule has 2 aromatic rings. The molecule has 1 N–H and O–H groups in total. The van der Waals surface area contributed by atoms with E-state index in [1.807, 2.05) is 13.0 Å². The first kappa shape index (κ1) is 39.6. The van der Waals surface area contributed by atoms with Gasteiger partial charge in [-0.2, -0.15) is 0 Å². The van der Waals surface area contributed by atoms with Crippen molar-refractivity contribution in [3.63, 3.8) is 0 Å². The van der Waals surface area contributed by atoms with Crippen molar-refractivity contribution in [1.29, 1.82) is 0 Å². The van der Waals surface area contributed by atoms with Crippen LogP contribution in [0.15, 0.2) is 45.3 Å². The monoisotopic (exact) mass is 760 g/mol. The summed E-state index contributed by atoms with van der Waals surface area (Å²) in [5.41, 5.74) is 5.32. The molecule has 0 aliphatic heterocycles. The number of benzene rings is 2. The molecule has 0 saturated heterocycles. The van der Waals surface area contributed by atoms with Gasteiger partial charge in [-0.3, -0.25) is 9.59 Å². The number of carboxylic acid groups (broad SMARTS) is 1. The molecule has 0 heterocycles. The molecule has 2 rings (SSSR count). The normalized spacial score (nSPS) is 12.9. The van der Waals surface area contributed by atoms with Crippen LogP contribution in [0.3, 0.4) is 0 Å². The highest BCUT2D eigenvalue weighted by Gasteiger charge is 2.17. The van der Waals surface area contributed by atoms with Crippen molar-refractivity contribution in [3.8, 4) is 0 Å². The molecule has 226 valence electrons. The Labute approximate surface area is 273 Å². The summed E-state index contributed by atoms with van der Waals surface area (Å²) in [7, 11) is 7.36. The molecule has 0 bridgehead atoms. The minimum absolute atomic E-state index is 0.142. The number of carbonyl (C=O) groups excluding carboxylic acids is 1. The molecule has 0 spiro atoms. The Bertz CT molecular complexity index is 1060. The minimum atomic E-state index is -1.67. The topological polar surface area (TPSA) is 71.4 Å². The van der Waals surface area contributed by atoms with Gasteiger partial charge in [-0.1, -0.05) is 112 Å². The van der Waals surface area contributed by atoms with Gasteiger partial charge in [0.25, 0.3) is 0 Å². The number of carbonyl (C=O) groups is 2. The highest BCUT2D eigenvalue weighted by atomic mass is 79.9. The van der Waals surface area contributed by atoms with E-state index in [9.17, 15) is 9.59 Å². The first-order valence-corrected chi connectivity index (χ1v) is 17.6. The standard InChI is InChI=1S/C15H20BrClO.C15H21BrO2.Cl2OS/c2*1-10(14(17)18)7-12-6-5-11(8-13(12)16)9-15(2,3)4;1-4(2)3/h5-6,8,10H,7,9H2,1-4H3;5-6,8,10H,7,9H2,1-4H3,(H,17,18);. The maximum Gasteiger partial charge on any atom is 0.306 e. The molecule has 0 aliphatic carbocycles. The van der Waals surface area contributed by atoms with Gasteiger partial charge in [-0.15, -0.1) is 0 Å². The van der Waals surface area contributed by atoms with Gasteiger partial charge in [-0.05, 0) is 82.5 Å². The largest absolute Gasteiger partial charge is 0.481 e. The summed E-state index contributed by atoms with van der Waals surface area (Å²) in [6.45, 7) is 16.9. The predicted molar refractivity (Wildman–Crippen MR) is 179 cm³/mol. The zero-order valence-electron chi connectivity index (χ0n) is 24.4. The quantitative estimate of drug-likeness (QED) is 0.272. The Balaban J connectivity index is 0.000000671. The summed E-state index contributed by atoms with van der Waals surface area (Å²) in [4.78, 5) is 21.9. The smallest absolute Gasteiger partial charge is 0.306 e. The van der Waals surface area contributed by atoms with Crippen LogP contribution in [0.4, 0.5) is 0 Å². The van der Waals surface area contributed by atoms with Gasteiger partial charge in [0.2, 0.25) is 14.5 Å². The summed E-state index contributed by atoms with van der Waals surface area (Å²) in [5.74, 6) is -1.24. The Morgan fingerprint density at radius 1 is 0.800 bits per heavy atom. The van der Waals surface area contributed by atoms with Crippen molar-refractivity contribution < 1.29 is 18.9 Å². The Morgan fingerprint density at radius 3 is 1.38 bits per heavy atom. The lowest BCUT2D eigenvalue weighted by Crippen LogP contribution is -2.13. The van der Waals surface area contributed by atoms with Gasteiger partial charge >= 0.3 is 5.97 Å². The third-order valence-corrected chi connectivity index (χ3v) is 7.41. The van der Waals surface area contributed by atoms with E-state index in [0.29, 0.717) is 12.8 Å². The molecule has 2 atom stereocenters. The van der Waals surface area contributed by atoms with Crippen LogP contribution in [0, 0.1) is 22.7 Å². The molecular formula is C30H41Br2Cl3O4S. The Morgan fingerprint density at radius 2 is 1.12 bits per heavy atom. The van der Waals surface area contributed by atoms with Crippen LogP contribution < -0.4 is 0 Å². The molecular weight excluding hydrogens is 723 g/mol. The van der Waals surface area contributed by atoms with Gasteiger partial charge in [0.1, 0.15) is 0 Å². The van der Waals surface area contributed by atoms with Crippen LogP contribution >= 0.6 is 64.8 Å². The lowest BCUT2D eigenvalue weighted by Gasteiger charge is -2.19. The molecule has 10 heteroatoms. The molecule has 0 saturated carbocycles. The first-order chi connectivity index (χ1) is 18.1. The molecule has 0 aliphatic rings. The number of aliphatic carboxylic acids is 1. The van der Waals surface area contributed by atoms with Crippen LogP contribution in [0.25, 0.3) is 0 Å². The minimum Gasteiger partial charge on any atom is -0.481 e. The van der Waals surface area contributed by atoms with E-state index >= 15 is 0 Å². The summed E-state index contributed by atoms with van der Waals surface area (Å²) in [6, 6.07) is 12.6. The molecule has 40 heavy (non-hydrogen) atoms. The van der Waals surface area contributed by atoms with Gasteiger partial charge in [0.05, 0.1) is 5.92 Å². The Hall–Kier alpha value is -0.440. The van der Waals surface area contributed by atoms with E-state index in [0.717, 1.165) is 32.9 Å². The van der Waals surface area contributed by atoms with Crippen molar-refractivity contribution in [1.82, 2.24) is 0 Å². The van der Waals surface area contributed by atoms with E-state index in [-0.39, 0.29) is 27.9 Å². The average Bonchev–Trinajstić information content (AvgIpc) is 2.75. The summed E-state index contributed by atoms with van der Waals surface area (Å²) in [6.07, 6.45) is 3.29. The highest BCUT2D eigenvalue weighted by Crippen LogP contribution is 2.28. The molecule has 4 nitrogen and oxygen atoms in total. The third kappa shape index (κ3) is 18.9. The number of hydrogen-bond acceptors (Lipinski definition) is 3. The summed E-state index contributed by atoms with van der Waals surface area (Å²) < 4.78 is 11.2. The molecule has 0 amide bonds. The van der Waals surface area contributed by atoms with E-state index in [4.69, 9.17) is 20.9 Å². The molecule has 0 radical (unpaired) electrons. The summed E-state index contributed by atoms with van der Waals surface area (Å²) in [5, 5.41) is 8.65. The Kier molecular flexibility index (Phi) is 18.1. The van der Waals surface area contributed by atoms with Gasteiger partial charge in [0, 0.05) is 36.2 Å². The van der Waals surface area contributed by atoms with Crippen molar-refractivity contribution in [3.05, 3.63) is 67.6 Å². The second kappa shape index (κ2) is 18.3.